The number of nitrogens with one attached hydrogen (secondary N) is 1. The van der Waals surface area contributed by atoms with E-state index in [9.17, 15) is 0 Å². The Morgan fingerprint density at radius 1 is 1.22 bits per heavy atom. The van der Waals surface area contributed by atoms with Gasteiger partial charge in [0.25, 0.3) is 0 Å². The average molecular weight is 243 g/mol. The molecule has 3 heteroatoms. The van der Waals surface area contributed by atoms with Crippen molar-refractivity contribution in [2.75, 3.05) is 7.05 Å². The van der Waals surface area contributed by atoms with Gasteiger partial charge < -0.3 is 5.32 Å². The molecule has 18 heavy (non-hydrogen) atoms. The van der Waals surface area contributed by atoms with Crippen molar-refractivity contribution in [2.24, 2.45) is 0 Å². The van der Waals surface area contributed by atoms with Crippen molar-refractivity contribution < 1.29 is 0 Å². The van der Waals surface area contributed by atoms with Gasteiger partial charge in [-0.1, -0.05) is 38.0 Å². The fourth-order valence-corrected chi connectivity index (χ4v) is 2.10. The number of benzene rings is 1. The summed E-state index contributed by atoms with van der Waals surface area (Å²) in [4.78, 5) is 0. The monoisotopic (exact) mass is 243 g/mol. The van der Waals surface area contributed by atoms with Crippen molar-refractivity contribution in [3.05, 3.63) is 48.3 Å². The molecule has 0 bridgehead atoms. The fourth-order valence-electron chi connectivity index (χ4n) is 2.10. The smallest absolute Gasteiger partial charge is 0.0798 e. The van der Waals surface area contributed by atoms with Crippen LogP contribution in [-0.2, 0) is 0 Å². The lowest BCUT2D eigenvalue weighted by molar-refractivity contribution is 0.507. The van der Waals surface area contributed by atoms with Crippen LogP contribution in [0.5, 0.6) is 0 Å². The largest absolute Gasteiger partial charge is 0.312 e. The lowest BCUT2D eigenvalue weighted by atomic mass is 10.1. The topological polar surface area (TPSA) is 29.9 Å². The van der Waals surface area contributed by atoms with Crippen molar-refractivity contribution in [1.82, 2.24) is 15.1 Å². The number of unbranched alkanes of at least 4 members (excludes halogenated alkanes) is 1. The molecule has 0 radical (unpaired) electrons. The number of hydrogen-bond acceptors (Lipinski definition) is 2. The van der Waals surface area contributed by atoms with Gasteiger partial charge in [0.05, 0.1) is 17.4 Å². The van der Waals surface area contributed by atoms with E-state index in [-0.39, 0.29) is 0 Å². The maximum absolute atomic E-state index is 4.66. The standard InChI is InChI=1S/C15H21N3/c1-3-4-10-14(16-2)15-11-12-18(17-15)13-8-6-5-7-9-13/h5-9,11-12,14,16H,3-4,10H2,1-2H3. The van der Waals surface area contributed by atoms with E-state index in [4.69, 9.17) is 0 Å². The first-order chi connectivity index (χ1) is 8.85. The van der Waals surface area contributed by atoms with Crippen LogP contribution in [0.4, 0.5) is 0 Å². The van der Waals surface area contributed by atoms with Crippen LogP contribution in [0.3, 0.4) is 0 Å². The summed E-state index contributed by atoms with van der Waals surface area (Å²) in [6.07, 6.45) is 5.61. The Morgan fingerprint density at radius 3 is 2.67 bits per heavy atom. The van der Waals surface area contributed by atoms with Gasteiger partial charge in [-0.25, -0.2) is 4.68 Å². The highest BCUT2D eigenvalue weighted by Crippen LogP contribution is 2.18. The van der Waals surface area contributed by atoms with Gasteiger partial charge in [-0.05, 0) is 31.7 Å². The molecule has 1 N–H and O–H groups in total. The summed E-state index contributed by atoms with van der Waals surface area (Å²) < 4.78 is 1.94. The molecule has 0 aliphatic carbocycles. The van der Waals surface area contributed by atoms with E-state index >= 15 is 0 Å². The van der Waals surface area contributed by atoms with Gasteiger partial charge in [-0.15, -0.1) is 0 Å². The summed E-state index contributed by atoms with van der Waals surface area (Å²) in [6.45, 7) is 2.22. The third kappa shape index (κ3) is 2.99. The molecule has 1 aromatic heterocycles. The van der Waals surface area contributed by atoms with Crippen LogP contribution >= 0.6 is 0 Å². The van der Waals surface area contributed by atoms with E-state index < -0.39 is 0 Å². The molecule has 0 spiro atoms. The summed E-state index contributed by atoms with van der Waals surface area (Å²) in [5.41, 5.74) is 2.23. The van der Waals surface area contributed by atoms with Crippen molar-refractivity contribution in [3.8, 4) is 5.69 Å². The Morgan fingerprint density at radius 2 is 2.00 bits per heavy atom. The first-order valence-corrected chi connectivity index (χ1v) is 6.63. The number of nitrogens with zero attached hydrogens (tertiary/aromatic N) is 2. The summed E-state index contributed by atoms with van der Waals surface area (Å²) >= 11 is 0. The normalized spacial score (nSPS) is 12.6. The lowest BCUT2D eigenvalue weighted by Crippen LogP contribution is -2.17. The molecule has 1 atom stereocenters. The number of rotatable bonds is 6. The second-order valence-corrected chi connectivity index (χ2v) is 4.50. The van der Waals surface area contributed by atoms with Crippen LogP contribution in [0.15, 0.2) is 42.6 Å². The minimum absolute atomic E-state index is 0.356. The molecule has 0 amide bonds. The highest BCUT2D eigenvalue weighted by atomic mass is 15.3. The predicted octanol–water partition coefficient (Wildman–Crippen LogP) is 3.32. The van der Waals surface area contributed by atoms with E-state index in [1.807, 2.05) is 36.1 Å². The fraction of sp³-hybridized carbons (Fsp3) is 0.400. The van der Waals surface area contributed by atoms with E-state index in [2.05, 4.69) is 35.5 Å². The lowest BCUT2D eigenvalue weighted by Gasteiger charge is -2.12. The third-order valence-electron chi connectivity index (χ3n) is 3.18. The molecule has 0 saturated carbocycles. The molecule has 1 heterocycles. The van der Waals surface area contributed by atoms with Gasteiger partial charge in [0.2, 0.25) is 0 Å². The molecule has 96 valence electrons. The van der Waals surface area contributed by atoms with E-state index in [0.717, 1.165) is 17.8 Å². The van der Waals surface area contributed by atoms with Crippen LogP contribution in [0.1, 0.15) is 37.9 Å². The molecule has 1 unspecified atom stereocenters. The molecule has 3 nitrogen and oxygen atoms in total. The molecule has 0 aliphatic heterocycles. The van der Waals surface area contributed by atoms with Gasteiger partial charge in [-0.3, -0.25) is 0 Å². The van der Waals surface area contributed by atoms with Crippen molar-refractivity contribution >= 4 is 0 Å². The molecule has 2 aromatic rings. The van der Waals surface area contributed by atoms with Crippen molar-refractivity contribution in [1.29, 1.82) is 0 Å². The molecule has 0 fully saturated rings. The van der Waals surface area contributed by atoms with Gasteiger partial charge >= 0.3 is 0 Å². The molecule has 1 aromatic carbocycles. The quantitative estimate of drug-likeness (QED) is 0.843. The highest BCUT2D eigenvalue weighted by molar-refractivity contribution is 5.30. The molecule has 0 aliphatic rings. The average Bonchev–Trinajstić information content (AvgIpc) is 2.90. The van der Waals surface area contributed by atoms with E-state index in [1.165, 1.54) is 12.8 Å². The molecular weight excluding hydrogens is 222 g/mol. The Labute approximate surface area is 109 Å². The van der Waals surface area contributed by atoms with Crippen LogP contribution in [0.2, 0.25) is 0 Å². The zero-order chi connectivity index (χ0) is 12.8. The van der Waals surface area contributed by atoms with E-state index in [0.29, 0.717) is 6.04 Å². The predicted molar refractivity (Wildman–Crippen MR) is 74.9 cm³/mol. The van der Waals surface area contributed by atoms with Gasteiger partial charge in [0, 0.05) is 6.20 Å². The first kappa shape index (κ1) is 12.8. The number of hydrogen-bond donors (Lipinski definition) is 1. The molecule has 2 rings (SSSR count). The summed E-state index contributed by atoms with van der Waals surface area (Å²) in [5.74, 6) is 0. The minimum atomic E-state index is 0.356. The summed E-state index contributed by atoms with van der Waals surface area (Å²) in [6, 6.07) is 12.7. The Balaban J connectivity index is 2.14. The van der Waals surface area contributed by atoms with Crippen molar-refractivity contribution in [3.63, 3.8) is 0 Å². The SMILES string of the molecule is CCCCC(NC)c1ccn(-c2ccccc2)n1. The zero-order valence-electron chi connectivity index (χ0n) is 11.1. The van der Waals surface area contributed by atoms with Gasteiger partial charge in [0.15, 0.2) is 0 Å². The van der Waals surface area contributed by atoms with Crippen LogP contribution in [-0.4, -0.2) is 16.8 Å². The maximum atomic E-state index is 4.66. The highest BCUT2D eigenvalue weighted by Gasteiger charge is 2.11. The third-order valence-corrected chi connectivity index (χ3v) is 3.18. The Hall–Kier alpha value is -1.61. The molecular formula is C15H21N3. The number of aromatic nitrogens is 2. The zero-order valence-corrected chi connectivity index (χ0v) is 11.1. The second-order valence-electron chi connectivity index (χ2n) is 4.50. The maximum Gasteiger partial charge on any atom is 0.0798 e. The summed E-state index contributed by atoms with van der Waals surface area (Å²) in [7, 11) is 2.00. The van der Waals surface area contributed by atoms with E-state index in [1.54, 1.807) is 0 Å². The minimum Gasteiger partial charge on any atom is -0.312 e. The van der Waals surface area contributed by atoms with Crippen LogP contribution < -0.4 is 5.32 Å². The van der Waals surface area contributed by atoms with Crippen LogP contribution in [0, 0.1) is 0 Å². The Kier molecular flexibility index (Phi) is 4.53. The van der Waals surface area contributed by atoms with Crippen molar-refractivity contribution in [2.45, 2.75) is 32.2 Å². The Bertz CT molecular complexity index is 462. The van der Waals surface area contributed by atoms with Gasteiger partial charge in [-0.2, -0.15) is 5.10 Å². The first-order valence-electron chi connectivity index (χ1n) is 6.63. The molecule has 0 saturated heterocycles. The van der Waals surface area contributed by atoms with Crippen LogP contribution in [0.25, 0.3) is 5.69 Å². The second kappa shape index (κ2) is 6.36. The van der Waals surface area contributed by atoms with Gasteiger partial charge in [0.1, 0.15) is 0 Å². The number of para-hydroxylation sites is 1. The summed E-state index contributed by atoms with van der Waals surface area (Å²) in [5, 5.41) is 8.00.